The van der Waals surface area contributed by atoms with Crippen LogP contribution in [-0.4, -0.2) is 8.42 Å². The van der Waals surface area contributed by atoms with Crippen molar-refractivity contribution in [3.05, 3.63) is 39.4 Å². The number of anilines is 2. The fourth-order valence-corrected chi connectivity index (χ4v) is 3.88. The van der Waals surface area contributed by atoms with Crippen molar-refractivity contribution in [2.24, 2.45) is 0 Å². The van der Waals surface area contributed by atoms with Crippen molar-refractivity contribution in [3.8, 4) is 6.07 Å². The van der Waals surface area contributed by atoms with E-state index in [1.807, 2.05) is 6.07 Å². The molecule has 2 rings (SSSR count). The summed E-state index contributed by atoms with van der Waals surface area (Å²) < 4.78 is 40.5. The van der Waals surface area contributed by atoms with E-state index in [4.69, 9.17) is 11.0 Å². The molecule has 0 bridgehead atoms. The summed E-state index contributed by atoms with van der Waals surface area (Å²) in [6, 6.07) is 5.30. The van der Waals surface area contributed by atoms with E-state index < -0.39 is 20.7 Å². The highest BCUT2D eigenvalue weighted by molar-refractivity contribution is 9.10. The summed E-state index contributed by atoms with van der Waals surface area (Å²) in [5, 5.41) is 10.5. The van der Waals surface area contributed by atoms with Gasteiger partial charge in [-0.25, -0.2) is 12.8 Å². The fraction of sp³-hybridized carbons (Fsp3) is 0. The Morgan fingerprint density at radius 3 is 2.80 bits per heavy atom. The van der Waals surface area contributed by atoms with Crippen molar-refractivity contribution in [1.82, 2.24) is 0 Å². The molecule has 0 aliphatic heterocycles. The van der Waals surface area contributed by atoms with Crippen LogP contribution in [-0.2, 0) is 10.0 Å². The number of halogens is 2. The van der Waals surface area contributed by atoms with Crippen LogP contribution in [0.1, 0.15) is 5.56 Å². The van der Waals surface area contributed by atoms with Crippen LogP contribution in [0.3, 0.4) is 0 Å². The highest BCUT2D eigenvalue weighted by Gasteiger charge is 2.22. The number of rotatable bonds is 3. The predicted molar refractivity (Wildman–Crippen MR) is 78.4 cm³/mol. The first-order chi connectivity index (χ1) is 9.35. The van der Waals surface area contributed by atoms with E-state index in [0.29, 0.717) is 0 Å². The molecule has 1 aromatic carbocycles. The molecule has 5 nitrogen and oxygen atoms in total. The average molecular weight is 376 g/mol. The maximum atomic E-state index is 13.8. The Balaban J connectivity index is 2.47. The molecule has 1 aromatic heterocycles. The Morgan fingerprint density at radius 2 is 2.15 bits per heavy atom. The summed E-state index contributed by atoms with van der Waals surface area (Å²) >= 11 is 4.04. The minimum atomic E-state index is -4.15. The number of hydrogen-bond donors (Lipinski definition) is 2. The van der Waals surface area contributed by atoms with E-state index in [9.17, 15) is 12.8 Å². The molecular weight excluding hydrogens is 369 g/mol. The topological polar surface area (TPSA) is 96.0 Å². The maximum Gasteiger partial charge on any atom is 0.265 e. The number of sulfonamides is 1. The van der Waals surface area contributed by atoms with Crippen LogP contribution in [0.4, 0.5) is 15.1 Å². The molecule has 104 valence electrons. The fourth-order valence-electron chi connectivity index (χ4n) is 1.40. The zero-order chi connectivity index (χ0) is 14.9. The Bertz CT molecular complexity index is 812. The van der Waals surface area contributed by atoms with Gasteiger partial charge in [0.2, 0.25) is 0 Å². The summed E-state index contributed by atoms with van der Waals surface area (Å²) in [4.78, 5) is -0.574. The van der Waals surface area contributed by atoms with Crippen molar-refractivity contribution in [3.63, 3.8) is 0 Å². The average Bonchev–Trinajstić information content (AvgIpc) is 2.80. The molecule has 0 amide bonds. The van der Waals surface area contributed by atoms with Crippen molar-refractivity contribution in [1.29, 1.82) is 5.26 Å². The maximum absolute atomic E-state index is 13.8. The molecule has 0 unspecified atom stereocenters. The van der Waals surface area contributed by atoms with E-state index in [-0.39, 0.29) is 20.7 Å². The second kappa shape index (κ2) is 5.40. The van der Waals surface area contributed by atoms with Gasteiger partial charge in [0, 0.05) is 10.2 Å². The summed E-state index contributed by atoms with van der Waals surface area (Å²) in [5.41, 5.74) is 5.83. The number of nitrogen functional groups attached to an aromatic ring is 1. The SMILES string of the molecule is N#Cc1ccsc1NS(=O)(=O)c1cc(N)c(Br)cc1F. The third-order valence-electron chi connectivity index (χ3n) is 2.35. The molecule has 1 heterocycles. The van der Waals surface area contributed by atoms with Crippen LogP contribution in [0, 0.1) is 17.1 Å². The van der Waals surface area contributed by atoms with Gasteiger partial charge in [-0.05, 0) is 39.5 Å². The number of hydrogen-bond acceptors (Lipinski definition) is 5. The first-order valence-electron chi connectivity index (χ1n) is 5.10. The molecule has 0 aliphatic carbocycles. The smallest absolute Gasteiger partial charge is 0.265 e. The molecule has 0 spiro atoms. The largest absolute Gasteiger partial charge is 0.398 e. The van der Waals surface area contributed by atoms with Crippen LogP contribution in [0.2, 0.25) is 0 Å². The quantitative estimate of drug-likeness (QED) is 0.806. The Labute approximate surface area is 127 Å². The van der Waals surface area contributed by atoms with Crippen LogP contribution in [0.15, 0.2) is 32.9 Å². The lowest BCUT2D eigenvalue weighted by atomic mass is 10.3. The normalized spacial score (nSPS) is 11.1. The molecule has 0 saturated heterocycles. The van der Waals surface area contributed by atoms with Crippen molar-refractivity contribution in [2.75, 3.05) is 10.5 Å². The molecule has 0 aliphatic rings. The lowest BCUT2D eigenvalue weighted by Gasteiger charge is -2.09. The van der Waals surface area contributed by atoms with Crippen LogP contribution >= 0.6 is 27.3 Å². The van der Waals surface area contributed by atoms with Gasteiger partial charge < -0.3 is 5.73 Å². The van der Waals surface area contributed by atoms with Gasteiger partial charge in [-0.1, -0.05) is 0 Å². The Kier molecular flexibility index (Phi) is 3.99. The van der Waals surface area contributed by atoms with Crippen molar-refractivity contribution >= 4 is 48.0 Å². The van der Waals surface area contributed by atoms with E-state index >= 15 is 0 Å². The summed E-state index contributed by atoms with van der Waals surface area (Å²) in [5.74, 6) is -0.936. The van der Waals surface area contributed by atoms with Crippen molar-refractivity contribution < 1.29 is 12.8 Å². The molecule has 0 atom stereocenters. The van der Waals surface area contributed by atoms with Gasteiger partial charge in [0.15, 0.2) is 0 Å². The molecule has 0 radical (unpaired) electrons. The zero-order valence-corrected chi connectivity index (χ0v) is 12.9. The van der Waals surface area contributed by atoms with Gasteiger partial charge in [-0.2, -0.15) is 5.26 Å². The summed E-state index contributed by atoms with van der Waals surface area (Å²) in [6.45, 7) is 0. The highest BCUT2D eigenvalue weighted by atomic mass is 79.9. The highest BCUT2D eigenvalue weighted by Crippen LogP contribution is 2.29. The molecule has 3 N–H and O–H groups in total. The van der Waals surface area contributed by atoms with E-state index in [1.54, 1.807) is 5.38 Å². The third kappa shape index (κ3) is 2.77. The lowest BCUT2D eigenvalue weighted by Crippen LogP contribution is -2.15. The number of thiophene rings is 1. The monoisotopic (exact) mass is 375 g/mol. The summed E-state index contributed by atoms with van der Waals surface area (Å²) in [6.07, 6.45) is 0. The van der Waals surface area contributed by atoms with Crippen LogP contribution < -0.4 is 10.5 Å². The number of benzene rings is 1. The van der Waals surface area contributed by atoms with Gasteiger partial charge in [-0.15, -0.1) is 11.3 Å². The van der Waals surface area contributed by atoms with Gasteiger partial charge in [-0.3, -0.25) is 4.72 Å². The standard InChI is InChI=1S/C11H7BrFN3O2S2/c12-7-3-8(13)10(4-9(7)15)20(17,18)16-11-6(5-14)1-2-19-11/h1-4,16H,15H2. The van der Waals surface area contributed by atoms with Crippen LogP contribution in [0.5, 0.6) is 0 Å². The van der Waals surface area contributed by atoms with Crippen LogP contribution in [0.25, 0.3) is 0 Å². The van der Waals surface area contributed by atoms with Gasteiger partial charge in [0.05, 0.1) is 5.56 Å². The van der Waals surface area contributed by atoms with E-state index in [1.165, 1.54) is 6.07 Å². The second-order valence-electron chi connectivity index (χ2n) is 3.68. The lowest BCUT2D eigenvalue weighted by molar-refractivity contribution is 0.570. The van der Waals surface area contributed by atoms with Gasteiger partial charge in [0.1, 0.15) is 21.8 Å². The number of nitrogens with one attached hydrogen (secondary N) is 1. The van der Waals surface area contributed by atoms with Gasteiger partial charge >= 0.3 is 0 Å². The van der Waals surface area contributed by atoms with E-state index in [0.717, 1.165) is 23.5 Å². The number of nitrogens with zero attached hydrogens (tertiary/aromatic N) is 1. The third-order valence-corrected chi connectivity index (χ3v) is 5.36. The molecule has 2 aromatic rings. The molecule has 20 heavy (non-hydrogen) atoms. The molecule has 9 heteroatoms. The number of nitrogens with two attached hydrogens (primary N) is 1. The first-order valence-corrected chi connectivity index (χ1v) is 8.25. The minimum absolute atomic E-state index is 0.0958. The minimum Gasteiger partial charge on any atom is -0.398 e. The second-order valence-corrected chi connectivity index (χ2v) is 7.11. The molecule has 0 saturated carbocycles. The van der Waals surface area contributed by atoms with Gasteiger partial charge in [0.25, 0.3) is 10.0 Å². The zero-order valence-electron chi connectivity index (χ0n) is 9.72. The Morgan fingerprint density at radius 1 is 1.45 bits per heavy atom. The number of nitriles is 1. The Hall–Kier alpha value is -1.63. The van der Waals surface area contributed by atoms with Crippen molar-refractivity contribution in [2.45, 2.75) is 4.90 Å². The predicted octanol–water partition coefficient (Wildman–Crippen LogP) is 2.90. The molecule has 0 fully saturated rings. The van der Waals surface area contributed by atoms with E-state index in [2.05, 4.69) is 20.7 Å². The summed E-state index contributed by atoms with van der Waals surface area (Å²) in [7, 11) is -4.15. The molecular formula is C11H7BrFN3O2S2. The first kappa shape index (κ1) is 14.8.